The first kappa shape index (κ1) is 21.4. The summed E-state index contributed by atoms with van der Waals surface area (Å²) in [5.41, 5.74) is 3.96. The average Bonchev–Trinajstić information content (AvgIpc) is 3.47. The zero-order valence-corrected chi connectivity index (χ0v) is 18.7. The van der Waals surface area contributed by atoms with Gasteiger partial charge in [-0.2, -0.15) is 0 Å². The fourth-order valence-corrected chi connectivity index (χ4v) is 4.39. The largest absolute Gasteiger partial charge is 0.494 e. The van der Waals surface area contributed by atoms with Gasteiger partial charge >= 0.3 is 5.97 Å². The predicted molar refractivity (Wildman–Crippen MR) is 118 cm³/mol. The minimum Gasteiger partial charge on any atom is -0.494 e. The van der Waals surface area contributed by atoms with Crippen LogP contribution in [0.5, 0.6) is 5.75 Å². The van der Waals surface area contributed by atoms with Crippen LogP contribution in [-0.4, -0.2) is 58.7 Å². The predicted octanol–water partition coefficient (Wildman–Crippen LogP) is 2.67. The van der Waals surface area contributed by atoms with E-state index in [4.69, 9.17) is 18.9 Å². The van der Waals surface area contributed by atoms with Gasteiger partial charge in [-0.3, -0.25) is 4.79 Å². The molecule has 0 radical (unpaired) electrons. The second-order valence-electron chi connectivity index (χ2n) is 8.10. The number of methoxy groups -OCH3 is 2. The number of ether oxygens (including phenoxy) is 4. The minimum atomic E-state index is -0.820. The standard InChI is InChI=1S/C23H25N5O5/c1-14-12-28(13-25-14)18-5-4-16(8-19(18)30-2)26-22-24-11-15-9-23(32-6-7-33-23)10-17(20(15)27-22)21(29)31-3/h4-5,8,11-13,17H,6-7,9-10H2,1-3H3,(H,24,26,27). The van der Waals surface area contributed by atoms with E-state index in [2.05, 4.69) is 20.3 Å². The molecule has 1 atom stereocenters. The van der Waals surface area contributed by atoms with Crippen molar-refractivity contribution in [2.24, 2.45) is 0 Å². The zero-order valence-electron chi connectivity index (χ0n) is 18.7. The van der Waals surface area contributed by atoms with Crippen LogP contribution in [0.3, 0.4) is 0 Å². The van der Waals surface area contributed by atoms with Gasteiger partial charge in [0.1, 0.15) is 11.7 Å². The summed E-state index contributed by atoms with van der Waals surface area (Å²) < 4.78 is 24.2. The Bertz CT molecular complexity index is 1190. The van der Waals surface area contributed by atoms with Gasteiger partial charge in [-0.25, -0.2) is 15.0 Å². The van der Waals surface area contributed by atoms with Crippen LogP contribution in [0.4, 0.5) is 11.6 Å². The fourth-order valence-electron chi connectivity index (χ4n) is 4.39. The molecular weight excluding hydrogens is 426 g/mol. The van der Waals surface area contributed by atoms with E-state index in [1.54, 1.807) is 19.6 Å². The molecule has 5 rings (SSSR count). The van der Waals surface area contributed by atoms with E-state index in [1.165, 1.54) is 7.11 Å². The molecule has 3 aromatic rings. The van der Waals surface area contributed by atoms with Crippen molar-refractivity contribution >= 4 is 17.6 Å². The summed E-state index contributed by atoms with van der Waals surface area (Å²) in [6, 6.07) is 5.69. The molecule has 2 aliphatic rings. The van der Waals surface area contributed by atoms with Crippen molar-refractivity contribution in [1.82, 2.24) is 19.5 Å². The first-order chi connectivity index (χ1) is 16.0. The van der Waals surface area contributed by atoms with Crippen LogP contribution in [-0.2, 0) is 25.4 Å². The molecule has 1 aromatic carbocycles. The zero-order chi connectivity index (χ0) is 23.0. The number of anilines is 2. The molecule has 1 unspecified atom stereocenters. The summed E-state index contributed by atoms with van der Waals surface area (Å²) in [6.45, 7) is 2.93. The van der Waals surface area contributed by atoms with Gasteiger partial charge in [0.25, 0.3) is 0 Å². The van der Waals surface area contributed by atoms with Crippen LogP contribution in [0.2, 0.25) is 0 Å². The van der Waals surface area contributed by atoms with Crippen molar-refractivity contribution in [3.05, 3.63) is 53.9 Å². The smallest absolute Gasteiger partial charge is 0.314 e. The van der Waals surface area contributed by atoms with Gasteiger partial charge in [0.05, 0.1) is 50.8 Å². The maximum absolute atomic E-state index is 12.6. The number of imidazole rings is 1. The number of aromatic nitrogens is 4. The third kappa shape index (κ3) is 4.03. The Kier molecular flexibility index (Phi) is 5.47. The quantitative estimate of drug-likeness (QED) is 0.586. The topological polar surface area (TPSA) is 110 Å². The van der Waals surface area contributed by atoms with E-state index in [0.29, 0.717) is 43.4 Å². The van der Waals surface area contributed by atoms with Gasteiger partial charge in [-0.05, 0) is 24.6 Å². The minimum absolute atomic E-state index is 0.357. The first-order valence-electron chi connectivity index (χ1n) is 10.7. The lowest BCUT2D eigenvalue weighted by atomic mass is 9.83. The number of rotatable bonds is 5. The number of esters is 1. The van der Waals surface area contributed by atoms with Crippen LogP contribution in [0.1, 0.15) is 29.3 Å². The molecule has 10 nitrogen and oxygen atoms in total. The third-order valence-corrected chi connectivity index (χ3v) is 5.93. The number of hydrogen-bond acceptors (Lipinski definition) is 9. The summed E-state index contributed by atoms with van der Waals surface area (Å²) in [6.07, 6.45) is 6.23. The molecule has 1 fully saturated rings. The van der Waals surface area contributed by atoms with Gasteiger partial charge in [0, 0.05) is 37.0 Å². The Morgan fingerprint density at radius 2 is 2.06 bits per heavy atom. The maximum atomic E-state index is 12.6. The first-order valence-corrected chi connectivity index (χ1v) is 10.7. The van der Waals surface area contributed by atoms with E-state index in [1.807, 2.05) is 35.9 Å². The van der Waals surface area contributed by atoms with E-state index >= 15 is 0 Å². The fraction of sp³-hybridized carbons (Fsp3) is 0.391. The van der Waals surface area contributed by atoms with Crippen LogP contribution >= 0.6 is 0 Å². The normalized spacial score (nSPS) is 18.7. The SMILES string of the molecule is COC(=O)C1CC2(Cc3cnc(Nc4ccc(-n5cnc(C)c5)c(OC)c4)nc31)OCCO2. The molecule has 3 heterocycles. The summed E-state index contributed by atoms with van der Waals surface area (Å²) in [5, 5.41) is 3.21. The lowest BCUT2D eigenvalue weighted by Crippen LogP contribution is -2.41. The lowest BCUT2D eigenvalue weighted by molar-refractivity contribution is -0.177. The monoisotopic (exact) mass is 451 g/mol. The Hall–Kier alpha value is -3.50. The lowest BCUT2D eigenvalue weighted by Gasteiger charge is -2.35. The summed E-state index contributed by atoms with van der Waals surface area (Å²) >= 11 is 0. The van der Waals surface area contributed by atoms with E-state index in [-0.39, 0.29) is 5.97 Å². The van der Waals surface area contributed by atoms with Crippen molar-refractivity contribution < 1.29 is 23.7 Å². The van der Waals surface area contributed by atoms with Crippen molar-refractivity contribution in [2.45, 2.75) is 31.5 Å². The molecule has 0 saturated carbocycles. The van der Waals surface area contributed by atoms with Crippen LogP contribution < -0.4 is 10.1 Å². The Morgan fingerprint density at radius 1 is 1.24 bits per heavy atom. The molecule has 1 saturated heterocycles. The van der Waals surface area contributed by atoms with Gasteiger partial charge in [0.2, 0.25) is 5.95 Å². The molecular formula is C23H25N5O5. The van der Waals surface area contributed by atoms with Crippen molar-refractivity contribution in [1.29, 1.82) is 0 Å². The highest BCUT2D eigenvalue weighted by molar-refractivity contribution is 5.78. The third-order valence-electron chi connectivity index (χ3n) is 5.93. The number of aryl methyl sites for hydroxylation is 1. The highest BCUT2D eigenvalue weighted by Gasteiger charge is 2.47. The number of hydrogen-bond donors (Lipinski definition) is 1. The summed E-state index contributed by atoms with van der Waals surface area (Å²) in [4.78, 5) is 26.0. The van der Waals surface area contributed by atoms with Gasteiger partial charge in [-0.15, -0.1) is 0 Å². The van der Waals surface area contributed by atoms with Crippen molar-refractivity contribution in [3.8, 4) is 11.4 Å². The number of nitrogens with zero attached hydrogens (tertiary/aromatic N) is 4. The number of carbonyl (C=O) groups is 1. The molecule has 10 heteroatoms. The van der Waals surface area contributed by atoms with Crippen LogP contribution in [0, 0.1) is 6.92 Å². The van der Waals surface area contributed by atoms with Gasteiger partial charge < -0.3 is 28.8 Å². The molecule has 0 amide bonds. The summed E-state index contributed by atoms with van der Waals surface area (Å²) in [5.74, 6) is -0.748. The molecule has 2 aromatic heterocycles. The van der Waals surface area contributed by atoms with Gasteiger partial charge in [-0.1, -0.05) is 0 Å². The summed E-state index contributed by atoms with van der Waals surface area (Å²) in [7, 11) is 2.99. The van der Waals surface area contributed by atoms with Crippen LogP contribution in [0.25, 0.3) is 5.69 Å². The van der Waals surface area contributed by atoms with E-state index < -0.39 is 11.7 Å². The Balaban J connectivity index is 1.44. The second-order valence-corrected chi connectivity index (χ2v) is 8.10. The number of benzene rings is 1. The highest BCUT2D eigenvalue weighted by Crippen LogP contribution is 2.42. The molecule has 1 aliphatic carbocycles. The molecule has 0 bridgehead atoms. The highest BCUT2D eigenvalue weighted by atomic mass is 16.7. The number of carbonyl (C=O) groups excluding carboxylic acids is 1. The number of fused-ring (bicyclic) bond motifs is 1. The second kappa shape index (κ2) is 8.45. The molecule has 1 aliphatic heterocycles. The van der Waals surface area contributed by atoms with Crippen LogP contribution in [0.15, 0.2) is 36.9 Å². The van der Waals surface area contributed by atoms with E-state index in [0.717, 1.165) is 22.6 Å². The van der Waals surface area contributed by atoms with Crippen molar-refractivity contribution in [3.63, 3.8) is 0 Å². The molecule has 172 valence electrons. The molecule has 33 heavy (non-hydrogen) atoms. The maximum Gasteiger partial charge on any atom is 0.314 e. The Labute approximate surface area is 190 Å². The van der Waals surface area contributed by atoms with Crippen molar-refractivity contribution in [2.75, 3.05) is 32.8 Å². The molecule has 1 spiro atoms. The average molecular weight is 451 g/mol. The van der Waals surface area contributed by atoms with E-state index in [9.17, 15) is 4.79 Å². The molecule has 1 N–H and O–H groups in total. The van der Waals surface area contributed by atoms with Gasteiger partial charge in [0.15, 0.2) is 5.79 Å². The Morgan fingerprint density at radius 3 is 2.76 bits per heavy atom. The number of nitrogens with one attached hydrogen (secondary N) is 1.